The molecule has 0 saturated carbocycles. The van der Waals surface area contributed by atoms with Gasteiger partial charge in [0, 0.05) is 37.3 Å². The van der Waals surface area contributed by atoms with Crippen LogP contribution in [0.5, 0.6) is 0 Å². The maximum Gasteiger partial charge on any atom is 0.409 e. The van der Waals surface area contributed by atoms with Gasteiger partial charge in [-0.3, -0.25) is 4.79 Å². The highest BCUT2D eigenvalue weighted by atomic mass is 32.2. The molecule has 0 atom stereocenters. The Labute approximate surface area is 222 Å². The minimum absolute atomic E-state index is 0.0972. The minimum Gasteiger partial charge on any atom is -0.450 e. The number of nitrogens with one attached hydrogen (secondary N) is 1. The number of hydrogen-bond donors (Lipinski definition) is 1. The lowest BCUT2D eigenvalue weighted by Gasteiger charge is -2.33. The first-order valence-electron chi connectivity index (χ1n) is 11.6. The normalized spacial score (nSPS) is 14.6. The Morgan fingerprint density at radius 3 is 2.46 bits per heavy atom. The van der Waals surface area contributed by atoms with Crippen molar-refractivity contribution >= 4 is 59.9 Å². The molecule has 1 aliphatic rings. The van der Waals surface area contributed by atoms with Crippen molar-refractivity contribution in [3.63, 3.8) is 0 Å². The zero-order chi connectivity index (χ0) is 26.0. The number of ether oxygens (including phenoxy) is 1. The molecule has 192 valence electrons. The van der Waals surface area contributed by atoms with Crippen LogP contribution in [-0.4, -0.2) is 67.4 Å². The highest BCUT2D eigenvalue weighted by molar-refractivity contribution is 7.89. The fourth-order valence-corrected chi connectivity index (χ4v) is 7.26. The summed E-state index contributed by atoms with van der Waals surface area (Å²) < 4.78 is 33.6. The number of benzene rings is 2. The zero-order valence-electron chi connectivity index (χ0n) is 19.9. The molecule has 2 aromatic heterocycles. The summed E-state index contributed by atoms with van der Waals surface area (Å²) in [4.78, 5) is 31.1. The lowest BCUT2D eigenvalue weighted by atomic mass is 10.2. The first kappa shape index (κ1) is 25.3. The number of hydrogen-bond acceptors (Lipinski definition) is 8. The van der Waals surface area contributed by atoms with E-state index in [0.717, 1.165) is 20.8 Å². The highest BCUT2D eigenvalue weighted by Crippen LogP contribution is 2.38. The van der Waals surface area contributed by atoms with Crippen molar-refractivity contribution in [3.05, 3.63) is 65.5 Å². The van der Waals surface area contributed by atoms with Crippen LogP contribution in [0.4, 0.5) is 9.80 Å². The van der Waals surface area contributed by atoms with Gasteiger partial charge in [0.25, 0.3) is 5.91 Å². The largest absolute Gasteiger partial charge is 0.450 e. The maximum absolute atomic E-state index is 13.1. The smallest absolute Gasteiger partial charge is 0.409 e. The number of fused-ring (bicyclic) bond motifs is 1. The monoisotopic (exact) mass is 556 g/mol. The number of carbonyl (C=O) groups is 2. The Morgan fingerprint density at radius 1 is 1.03 bits per heavy atom. The average molecular weight is 557 g/mol. The third kappa shape index (κ3) is 5.23. The number of carbonyl (C=O) groups excluding carboxylic acids is 2. The Hall–Kier alpha value is -3.32. The van der Waals surface area contributed by atoms with E-state index >= 15 is 0 Å². The minimum atomic E-state index is -3.75. The summed E-state index contributed by atoms with van der Waals surface area (Å²) in [6, 6.07) is 15.7. The number of piperazine rings is 1. The summed E-state index contributed by atoms with van der Waals surface area (Å²) >= 11 is 2.96. The number of sulfonamides is 1. The second-order valence-corrected chi connectivity index (χ2v) is 12.1. The molecule has 1 saturated heterocycles. The molecular weight excluding hydrogens is 532 g/mol. The van der Waals surface area contributed by atoms with E-state index in [9.17, 15) is 18.0 Å². The lowest BCUT2D eigenvalue weighted by Crippen LogP contribution is -2.50. The second kappa shape index (κ2) is 10.6. The highest BCUT2D eigenvalue weighted by Gasteiger charge is 2.30. The number of nitrogens with zero attached hydrogens (tertiary/aromatic N) is 3. The fourth-order valence-electron chi connectivity index (χ4n) is 3.99. The number of thiazole rings is 1. The number of para-hydroxylation sites is 1. The molecule has 0 aliphatic carbocycles. The van der Waals surface area contributed by atoms with E-state index < -0.39 is 16.1 Å². The molecule has 1 fully saturated rings. The van der Waals surface area contributed by atoms with Crippen molar-refractivity contribution in [1.29, 1.82) is 0 Å². The van der Waals surface area contributed by atoms with E-state index in [1.807, 2.05) is 35.7 Å². The Morgan fingerprint density at radius 2 is 1.76 bits per heavy atom. The molecule has 1 N–H and O–H groups in total. The average Bonchev–Trinajstić information content (AvgIpc) is 3.55. The zero-order valence-corrected chi connectivity index (χ0v) is 22.4. The van der Waals surface area contributed by atoms with E-state index in [1.54, 1.807) is 18.3 Å². The molecule has 1 aliphatic heterocycles. The quantitative estimate of drug-likeness (QED) is 0.368. The summed E-state index contributed by atoms with van der Waals surface area (Å²) in [5.41, 5.74) is 2.10. The van der Waals surface area contributed by atoms with Crippen LogP contribution in [0.25, 0.3) is 20.8 Å². The molecule has 4 aromatic rings. The third-order valence-electron chi connectivity index (χ3n) is 5.94. The Bertz CT molecular complexity index is 1500. The molecule has 12 heteroatoms. The molecule has 0 bridgehead atoms. The van der Waals surface area contributed by atoms with Crippen LogP contribution in [0.1, 0.15) is 17.3 Å². The summed E-state index contributed by atoms with van der Waals surface area (Å²) in [7, 11) is -3.75. The van der Waals surface area contributed by atoms with Gasteiger partial charge >= 0.3 is 6.09 Å². The predicted molar refractivity (Wildman–Crippen MR) is 145 cm³/mol. The summed E-state index contributed by atoms with van der Waals surface area (Å²) in [6.07, 6.45) is -0.438. The van der Waals surface area contributed by atoms with E-state index in [2.05, 4.69) is 10.3 Å². The summed E-state index contributed by atoms with van der Waals surface area (Å²) in [6.45, 7) is 2.87. The standard InChI is InChI=1S/C25H24N4O5S3/c1-2-34-25(31)28-12-14-29(15-13-28)37(32,33)18-9-7-17(8-10-18)22(30)27-23-19(11-16-35-23)24-26-20-5-3-4-6-21(20)36-24/h3-11,16H,2,12-15H2,1H3,(H,27,30). The van der Waals surface area contributed by atoms with Gasteiger partial charge in [-0.25, -0.2) is 18.2 Å². The molecule has 0 unspecified atom stereocenters. The van der Waals surface area contributed by atoms with Crippen LogP contribution in [-0.2, 0) is 14.8 Å². The molecule has 3 heterocycles. The van der Waals surface area contributed by atoms with Crippen LogP contribution in [0, 0.1) is 0 Å². The van der Waals surface area contributed by atoms with Crippen LogP contribution < -0.4 is 5.32 Å². The van der Waals surface area contributed by atoms with Gasteiger partial charge in [0.1, 0.15) is 10.0 Å². The van der Waals surface area contributed by atoms with Gasteiger partial charge in [0.2, 0.25) is 10.0 Å². The number of rotatable bonds is 6. The topological polar surface area (TPSA) is 109 Å². The van der Waals surface area contributed by atoms with E-state index in [0.29, 0.717) is 10.6 Å². The molecule has 0 radical (unpaired) electrons. The van der Waals surface area contributed by atoms with Gasteiger partial charge in [-0.2, -0.15) is 4.31 Å². The third-order valence-corrected chi connectivity index (χ3v) is 9.75. The van der Waals surface area contributed by atoms with Crippen molar-refractivity contribution in [3.8, 4) is 10.6 Å². The van der Waals surface area contributed by atoms with Crippen molar-refractivity contribution < 1.29 is 22.7 Å². The van der Waals surface area contributed by atoms with Crippen molar-refractivity contribution in [2.45, 2.75) is 11.8 Å². The first-order chi connectivity index (χ1) is 17.9. The SMILES string of the molecule is CCOC(=O)N1CCN(S(=O)(=O)c2ccc(C(=O)Nc3sccc3-c3nc4ccccc4s3)cc2)CC1. The van der Waals surface area contributed by atoms with Gasteiger partial charge in [-0.15, -0.1) is 22.7 Å². The first-order valence-corrected chi connectivity index (χ1v) is 14.8. The lowest BCUT2D eigenvalue weighted by molar-refractivity contribution is 0.0933. The van der Waals surface area contributed by atoms with E-state index in [-0.39, 0.29) is 43.6 Å². The molecule has 0 spiro atoms. The number of thiophene rings is 1. The second-order valence-electron chi connectivity index (χ2n) is 8.22. The summed E-state index contributed by atoms with van der Waals surface area (Å²) in [5.74, 6) is -0.336. The van der Waals surface area contributed by atoms with Crippen molar-refractivity contribution in [2.75, 3.05) is 38.1 Å². The molecule has 9 nitrogen and oxygen atoms in total. The van der Waals surface area contributed by atoms with Crippen LogP contribution in [0.3, 0.4) is 0 Å². The van der Waals surface area contributed by atoms with Gasteiger partial charge in [0.05, 0.1) is 21.7 Å². The number of aromatic nitrogens is 1. The molecule has 2 aromatic carbocycles. The van der Waals surface area contributed by atoms with Crippen LogP contribution >= 0.6 is 22.7 Å². The van der Waals surface area contributed by atoms with Gasteiger partial charge in [-0.05, 0) is 54.8 Å². The maximum atomic E-state index is 13.1. The molecule has 37 heavy (non-hydrogen) atoms. The predicted octanol–water partition coefficient (Wildman–Crippen LogP) is 4.74. The molecule has 5 rings (SSSR count). The van der Waals surface area contributed by atoms with Crippen LogP contribution in [0.15, 0.2) is 64.9 Å². The summed E-state index contributed by atoms with van der Waals surface area (Å²) in [5, 5.41) is 6.33. The van der Waals surface area contributed by atoms with Gasteiger partial charge < -0.3 is 15.0 Å². The Balaban J connectivity index is 1.26. The van der Waals surface area contributed by atoms with E-state index in [4.69, 9.17) is 4.74 Å². The number of anilines is 1. The number of amides is 2. The Kier molecular flexibility index (Phi) is 7.24. The fraction of sp³-hybridized carbons (Fsp3) is 0.240. The van der Waals surface area contributed by atoms with Gasteiger partial charge in [-0.1, -0.05) is 12.1 Å². The molecule has 2 amide bonds. The molecular formula is C25H24N4O5S3. The van der Waals surface area contributed by atoms with Crippen molar-refractivity contribution in [1.82, 2.24) is 14.2 Å². The van der Waals surface area contributed by atoms with Gasteiger partial charge in [0.15, 0.2) is 0 Å². The van der Waals surface area contributed by atoms with Crippen LogP contribution in [0.2, 0.25) is 0 Å². The van der Waals surface area contributed by atoms with E-state index in [1.165, 1.54) is 44.8 Å². The van der Waals surface area contributed by atoms with Crippen molar-refractivity contribution in [2.24, 2.45) is 0 Å².